The predicted octanol–water partition coefficient (Wildman–Crippen LogP) is 1.44. The lowest BCUT2D eigenvalue weighted by Crippen LogP contribution is -2.27. The number of carboxylic acids is 1. The summed E-state index contributed by atoms with van der Waals surface area (Å²) in [4.78, 5) is 10.9. The highest BCUT2D eigenvalue weighted by Crippen LogP contribution is 2.22. The van der Waals surface area contributed by atoms with Crippen LogP contribution >= 0.6 is 0 Å². The fourth-order valence-corrected chi connectivity index (χ4v) is 2.26. The van der Waals surface area contributed by atoms with E-state index in [0.29, 0.717) is 5.56 Å². The van der Waals surface area contributed by atoms with Gasteiger partial charge in [0.1, 0.15) is 0 Å². The highest BCUT2D eigenvalue weighted by atomic mass is 16.4. The second kappa shape index (κ2) is 3.35. The van der Waals surface area contributed by atoms with Gasteiger partial charge in [-0.15, -0.1) is 0 Å². The van der Waals surface area contributed by atoms with Gasteiger partial charge in [0.2, 0.25) is 0 Å². The van der Waals surface area contributed by atoms with E-state index in [9.17, 15) is 4.79 Å². The van der Waals surface area contributed by atoms with Crippen molar-refractivity contribution in [3.05, 3.63) is 35.5 Å². The molecule has 2 N–H and O–H groups in total. The molecule has 0 saturated heterocycles. The molecule has 0 saturated carbocycles. The maximum Gasteiger partial charge on any atom is 0.335 e. The topological polar surface area (TPSA) is 54.3 Å². The van der Waals surface area contributed by atoms with Crippen molar-refractivity contribution in [3.63, 3.8) is 0 Å². The molecule has 1 aromatic carbocycles. The summed E-state index contributed by atoms with van der Waals surface area (Å²) in [7, 11) is 0. The van der Waals surface area contributed by atoms with E-state index in [-0.39, 0.29) is 0 Å². The first-order valence-electron chi connectivity index (χ1n) is 5.32. The van der Waals surface area contributed by atoms with Crippen LogP contribution in [0.1, 0.15) is 16.1 Å². The van der Waals surface area contributed by atoms with Crippen LogP contribution in [0.25, 0.3) is 10.9 Å². The van der Waals surface area contributed by atoms with Crippen molar-refractivity contribution in [2.45, 2.75) is 13.1 Å². The van der Waals surface area contributed by atoms with Crippen molar-refractivity contribution in [1.29, 1.82) is 0 Å². The normalized spacial score (nSPS) is 15.0. The number of aromatic carboxylic acids is 1. The van der Waals surface area contributed by atoms with Gasteiger partial charge >= 0.3 is 5.97 Å². The van der Waals surface area contributed by atoms with Crippen molar-refractivity contribution in [2.75, 3.05) is 6.54 Å². The molecule has 0 unspecified atom stereocenters. The van der Waals surface area contributed by atoms with Crippen molar-refractivity contribution in [3.8, 4) is 0 Å². The van der Waals surface area contributed by atoms with Crippen LogP contribution in [0.3, 0.4) is 0 Å². The minimum atomic E-state index is -0.869. The predicted molar refractivity (Wildman–Crippen MR) is 60.6 cm³/mol. The lowest BCUT2D eigenvalue weighted by atomic mass is 10.1. The van der Waals surface area contributed by atoms with Crippen LogP contribution in [0.15, 0.2) is 24.3 Å². The van der Waals surface area contributed by atoms with Crippen molar-refractivity contribution < 1.29 is 9.90 Å². The van der Waals surface area contributed by atoms with Gasteiger partial charge in [0.05, 0.1) is 5.56 Å². The van der Waals surface area contributed by atoms with Crippen molar-refractivity contribution in [2.24, 2.45) is 0 Å². The summed E-state index contributed by atoms with van der Waals surface area (Å²) in [6.07, 6.45) is 0. The molecule has 0 amide bonds. The average molecular weight is 216 g/mol. The number of aromatic nitrogens is 1. The third-order valence-corrected chi connectivity index (χ3v) is 3.06. The zero-order chi connectivity index (χ0) is 11.1. The van der Waals surface area contributed by atoms with E-state index in [1.165, 1.54) is 5.69 Å². The van der Waals surface area contributed by atoms with Crippen LogP contribution in [0, 0.1) is 0 Å². The first-order chi connectivity index (χ1) is 7.75. The molecule has 16 heavy (non-hydrogen) atoms. The molecule has 2 aromatic rings. The van der Waals surface area contributed by atoms with E-state index < -0.39 is 5.97 Å². The Hall–Kier alpha value is -1.81. The van der Waals surface area contributed by atoms with Crippen LogP contribution in [0.4, 0.5) is 0 Å². The Morgan fingerprint density at radius 3 is 3.06 bits per heavy atom. The number of hydrogen-bond donors (Lipinski definition) is 2. The highest BCUT2D eigenvalue weighted by Gasteiger charge is 2.13. The summed E-state index contributed by atoms with van der Waals surface area (Å²) < 4.78 is 2.19. The quantitative estimate of drug-likeness (QED) is 0.758. The van der Waals surface area contributed by atoms with Gasteiger partial charge in [-0.1, -0.05) is 6.07 Å². The van der Waals surface area contributed by atoms with E-state index in [0.717, 1.165) is 30.5 Å². The molecule has 3 rings (SSSR count). The van der Waals surface area contributed by atoms with Gasteiger partial charge in [-0.3, -0.25) is 0 Å². The summed E-state index contributed by atoms with van der Waals surface area (Å²) >= 11 is 0. The van der Waals surface area contributed by atoms with Gasteiger partial charge in [-0.25, -0.2) is 4.79 Å². The largest absolute Gasteiger partial charge is 0.478 e. The fourth-order valence-electron chi connectivity index (χ4n) is 2.26. The number of carboxylic acid groups (broad SMARTS) is 1. The molecule has 0 fully saturated rings. The van der Waals surface area contributed by atoms with E-state index in [2.05, 4.69) is 16.0 Å². The Labute approximate surface area is 92.5 Å². The number of nitrogens with one attached hydrogen (secondary N) is 1. The Kier molecular flexibility index (Phi) is 1.97. The molecular weight excluding hydrogens is 204 g/mol. The van der Waals surface area contributed by atoms with Crippen molar-refractivity contribution >= 4 is 16.9 Å². The summed E-state index contributed by atoms with van der Waals surface area (Å²) in [6.45, 7) is 2.70. The van der Waals surface area contributed by atoms with Gasteiger partial charge < -0.3 is 15.0 Å². The molecule has 4 nitrogen and oxygen atoms in total. The van der Waals surface area contributed by atoms with Crippen molar-refractivity contribution in [1.82, 2.24) is 9.88 Å². The highest BCUT2D eigenvalue weighted by molar-refractivity contribution is 5.93. The van der Waals surface area contributed by atoms with Gasteiger partial charge in [-0.2, -0.15) is 0 Å². The molecule has 0 spiro atoms. The van der Waals surface area contributed by atoms with E-state index in [4.69, 9.17) is 5.11 Å². The molecule has 0 bridgehead atoms. The molecule has 1 aliphatic rings. The van der Waals surface area contributed by atoms with Crippen LogP contribution in [-0.4, -0.2) is 22.2 Å². The molecule has 1 aromatic heterocycles. The molecule has 1 aliphatic heterocycles. The SMILES string of the molecule is O=C(O)c1ccc2cc3n(c2c1)CCNC3. The Bertz CT molecular complexity index is 572. The molecule has 0 atom stereocenters. The zero-order valence-corrected chi connectivity index (χ0v) is 8.73. The molecule has 82 valence electrons. The van der Waals surface area contributed by atoms with Crippen LogP contribution < -0.4 is 5.32 Å². The monoisotopic (exact) mass is 216 g/mol. The van der Waals surface area contributed by atoms with Crippen LogP contribution in [0.2, 0.25) is 0 Å². The Morgan fingerprint density at radius 1 is 1.38 bits per heavy atom. The number of benzene rings is 1. The molecule has 2 heterocycles. The summed E-state index contributed by atoms with van der Waals surface area (Å²) in [5.74, 6) is -0.869. The maximum atomic E-state index is 10.9. The van der Waals surface area contributed by atoms with Crippen LogP contribution in [0.5, 0.6) is 0 Å². The first kappa shape index (κ1) is 9.42. The molecule has 4 heteroatoms. The third-order valence-electron chi connectivity index (χ3n) is 3.06. The average Bonchev–Trinajstić information content (AvgIpc) is 2.66. The molecular formula is C12H12N2O2. The van der Waals surface area contributed by atoms with E-state index in [1.54, 1.807) is 12.1 Å². The molecule has 0 aliphatic carbocycles. The second-order valence-electron chi connectivity index (χ2n) is 4.04. The number of rotatable bonds is 1. The van der Waals surface area contributed by atoms with E-state index >= 15 is 0 Å². The maximum absolute atomic E-state index is 10.9. The summed E-state index contributed by atoms with van der Waals surface area (Å²) in [6, 6.07) is 7.41. The standard InChI is InChI=1S/C12H12N2O2/c15-12(16)9-2-1-8-5-10-7-13-3-4-14(10)11(8)6-9/h1-2,5-6,13H,3-4,7H2,(H,15,16). The van der Waals surface area contributed by atoms with Gasteiger partial charge in [-0.05, 0) is 23.6 Å². The fraction of sp³-hybridized carbons (Fsp3) is 0.250. The Morgan fingerprint density at radius 2 is 2.25 bits per heavy atom. The van der Waals surface area contributed by atoms with E-state index in [1.807, 2.05) is 6.07 Å². The van der Waals surface area contributed by atoms with Gasteiger partial charge in [0.25, 0.3) is 0 Å². The van der Waals surface area contributed by atoms with Crippen LogP contribution in [-0.2, 0) is 13.1 Å². The third kappa shape index (κ3) is 1.31. The number of fused-ring (bicyclic) bond motifs is 3. The first-order valence-corrected chi connectivity index (χ1v) is 5.32. The Balaban J connectivity index is 2.25. The lowest BCUT2D eigenvalue weighted by molar-refractivity contribution is 0.0697. The zero-order valence-electron chi connectivity index (χ0n) is 8.73. The lowest BCUT2D eigenvalue weighted by Gasteiger charge is -2.17. The smallest absolute Gasteiger partial charge is 0.335 e. The molecule has 0 radical (unpaired) electrons. The number of hydrogen-bond acceptors (Lipinski definition) is 2. The number of carbonyl (C=O) groups is 1. The number of nitrogens with zero attached hydrogens (tertiary/aromatic N) is 1. The summed E-state index contributed by atoms with van der Waals surface area (Å²) in [5, 5.41) is 13.4. The minimum absolute atomic E-state index is 0.354. The second-order valence-corrected chi connectivity index (χ2v) is 4.04. The minimum Gasteiger partial charge on any atom is -0.478 e. The summed E-state index contributed by atoms with van der Waals surface area (Å²) in [5.41, 5.74) is 2.60. The van der Waals surface area contributed by atoms with Gasteiger partial charge in [0, 0.05) is 30.8 Å². The van der Waals surface area contributed by atoms with Gasteiger partial charge in [0.15, 0.2) is 0 Å².